The minimum Gasteiger partial charge on any atom is -0.326 e. The first-order chi connectivity index (χ1) is 8.33. The van der Waals surface area contributed by atoms with Gasteiger partial charge in [-0.15, -0.1) is 0 Å². The molecule has 0 aliphatic heterocycles. The van der Waals surface area contributed by atoms with E-state index in [4.69, 9.17) is 5.73 Å². The summed E-state index contributed by atoms with van der Waals surface area (Å²) >= 11 is 0. The maximum absolute atomic E-state index is 5.85. The normalized spacial score (nSPS) is 11.1. The third kappa shape index (κ3) is 4.51. The minimum atomic E-state index is 0.672. The van der Waals surface area contributed by atoms with Gasteiger partial charge >= 0.3 is 0 Å². The monoisotopic (exact) mass is 233 g/mol. The molecule has 0 radical (unpaired) electrons. The number of unbranched alkanes of at least 4 members (excludes halogenated alkanes) is 2. The van der Waals surface area contributed by atoms with Crippen LogP contribution in [0.15, 0.2) is 24.3 Å². The molecular weight excluding hydrogens is 206 g/mol. The molecule has 0 atom stereocenters. The molecule has 0 spiro atoms. The van der Waals surface area contributed by atoms with Gasteiger partial charge in [-0.2, -0.15) is 0 Å². The fraction of sp³-hybridized carbons (Fsp3) is 0.625. The van der Waals surface area contributed by atoms with E-state index in [2.05, 4.69) is 38.1 Å². The molecule has 1 rings (SSSR count). The highest BCUT2D eigenvalue weighted by Crippen LogP contribution is 2.29. The summed E-state index contributed by atoms with van der Waals surface area (Å²) in [5.41, 5.74) is 8.68. The molecule has 1 nitrogen and oxygen atoms in total. The van der Waals surface area contributed by atoms with Gasteiger partial charge in [0.2, 0.25) is 0 Å². The van der Waals surface area contributed by atoms with E-state index in [0.29, 0.717) is 6.54 Å². The number of hydrogen-bond donors (Lipinski definition) is 1. The number of hydrogen-bond acceptors (Lipinski definition) is 1. The van der Waals surface area contributed by atoms with Crippen LogP contribution in [0.1, 0.15) is 69.4 Å². The van der Waals surface area contributed by atoms with Crippen LogP contribution >= 0.6 is 0 Å². The van der Waals surface area contributed by atoms with Gasteiger partial charge in [-0.1, -0.05) is 63.8 Å². The Morgan fingerprint density at radius 3 is 2.12 bits per heavy atom. The van der Waals surface area contributed by atoms with Crippen molar-refractivity contribution in [1.29, 1.82) is 0 Å². The van der Waals surface area contributed by atoms with Gasteiger partial charge in [0.05, 0.1) is 0 Å². The standard InChI is InChI=1S/C16H27N/c1-3-5-9-14(10-6-4-2)16-12-8-7-11-15(16)13-17/h7-8,11-12,14H,3-6,9-10,13,17H2,1-2H3. The van der Waals surface area contributed by atoms with Crippen LogP contribution in [0.25, 0.3) is 0 Å². The van der Waals surface area contributed by atoms with Crippen molar-refractivity contribution in [3.8, 4) is 0 Å². The van der Waals surface area contributed by atoms with Crippen LogP contribution in [-0.2, 0) is 6.54 Å². The van der Waals surface area contributed by atoms with Crippen molar-refractivity contribution in [2.75, 3.05) is 0 Å². The Labute approximate surface area is 106 Å². The fourth-order valence-electron chi connectivity index (χ4n) is 2.47. The maximum Gasteiger partial charge on any atom is 0.0180 e. The highest BCUT2D eigenvalue weighted by Gasteiger charge is 2.13. The molecule has 0 saturated carbocycles. The molecule has 0 aromatic heterocycles. The average Bonchev–Trinajstić information content (AvgIpc) is 2.39. The van der Waals surface area contributed by atoms with Crippen LogP contribution in [0.4, 0.5) is 0 Å². The van der Waals surface area contributed by atoms with E-state index in [9.17, 15) is 0 Å². The van der Waals surface area contributed by atoms with Gasteiger partial charge in [0.15, 0.2) is 0 Å². The van der Waals surface area contributed by atoms with Gasteiger partial charge in [0.25, 0.3) is 0 Å². The second-order valence-electron chi connectivity index (χ2n) is 4.88. The lowest BCUT2D eigenvalue weighted by Gasteiger charge is -2.20. The second-order valence-corrected chi connectivity index (χ2v) is 4.88. The van der Waals surface area contributed by atoms with Crippen molar-refractivity contribution >= 4 is 0 Å². The molecule has 0 amide bonds. The van der Waals surface area contributed by atoms with Crippen molar-refractivity contribution in [2.45, 2.75) is 64.8 Å². The first-order valence-corrected chi connectivity index (χ1v) is 7.11. The van der Waals surface area contributed by atoms with Crippen LogP contribution in [-0.4, -0.2) is 0 Å². The van der Waals surface area contributed by atoms with E-state index in [1.165, 1.54) is 49.7 Å². The molecule has 1 aromatic rings. The van der Waals surface area contributed by atoms with Gasteiger partial charge in [-0.05, 0) is 29.9 Å². The first-order valence-electron chi connectivity index (χ1n) is 7.11. The molecule has 0 heterocycles. The lowest BCUT2D eigenvalue weighted by atomic mass is 9.86. The molecule has 17 heavy (non-hydrogen) atoms. The highest BCUT2D eigenvalue weighted by molar-refractivity contribution is 5.30. The summed E-state index contributed by atoms with van der Waals surface area (Å²) in [5.74, 6) is 0.717. The molecule has 1 aromatic carbocycles. The van der Waals surface area contributed by atoms with Crippen LogP contribution in [0.2, 0.25) is 0 Å². The van der Waals surface area contributed by atoms with Gasteiger partial charge in [0.1, 0.15) is 0 Å². The van der Waals surface area contributed by atoms with Gasteiger partial charge < -0.3 is 5.73 Å². The number of rotatable bonds is 8. The average molecular weight is 233 g/mol. The minimum absolute atomic E-state index is 0.672. The summed E-state index contributed by atoms with van der Waals surface area (Å²) in [6.07, 6.45) is 7.85. The Hall–Kier alpha value is -0.820. The maximum atomic E-state index is 5.85. The molecule has 0 aliphatic rings. The molecule has 1 heteroatoms. The predicted molar refractivity (Wildman–Crippen MR) is 76.1 cm³/mol. The molecule has 0 saturated heterocycles. The highest BCUT2D eigenvalue weighted by atomic mass is 14.5. The van der Waals surface area contributed by atoms with E-state index in [1.807, 2.05) is 0 Å². The van der Waals surface area contributed by atoms with Crippen molar-refractivity contribution in [3.63, 3.8) is 0 Å². The quantitative estimate of drug-likeness (QED) is 0.697. The van der Waals surface area contributed by atoms with Crippen molar-refractivity contribution in [2.24, 2.45) is 5.73 Å². The van der Waals surface area contributed by atoms with E-state index >= 15 is 0 Å². The lowest BCUT2D eigenvalue weighted by Crippen LogP contribution is -2.07. The topological polar surface area (TPSA) is 26.0 Å². The van der Waals surface area contributed by atoms with E-state index < -0.39 is 0 Å². The first kappa shape index (κ1) is 14.2. The molecule has 0 unspecified atom stereocenters. The third-order valence-corrected chi connectivity index (χ3v) is 3.53. The number of benzene rings is 1. The van der Waals surface area contributed by atoms with Gasteiger partial charge in [0, 0.05) is 6.54 Å². The largest absolute Gasteiger partial charge is 0.326 e. The Bertz CT molecular complexity index is 298. The van der Waals surface area contributed by atoms with Crippen molar-refractivity contribution in [1.82, 2.24) is 0 Å². The zero-order valence-electron chi connectivity index (χ0n) is 11.4. The zero-order valence-corrected chi connectivity index (χ0v) is 11.4. The van der Waals surface area contributed by atoms with Gasteiger partial charge in [-0.3, -0.25) is 0 Å². The summed E-state index contributed by atoms with van der Waals surface area (Å²) in [4.78, 5) is 0. The van der Waals surface area contributed by atoms with Crippen molar-refractivity contribution in [3.05, 3.63) is 35.4 Å². The van der Waals surface area contributed by atoms with Crippen LogP contribution < -0.4 is 5.73 Å². The van der Waals surface area contributed by atoms with Crippen LogP contribution in [0, 0.1) is 0 Å². The molecule has 2 N–H and O–H groups in total. The zero-order chi connectivity index (χ0) is 12.5. The third-order valence-electron chi connectivity index (χ3n) is 3.53. The Morgan fingerprint density at radius 1 is 1.00 bits per heavy atom. The van der Waals surface area contributed by atoms with E-state index in [-0.39, 0.29) is 0 Å². The number of nitrogens with two attached hydrogens (primary N) is 1. The molecule has 0 bridgehead atoms. The second kappa shape index (κ2) is 8.30. The smallest absolute Gasteiger partial charge is 0.0180 e. The summed E-state index contributed by atoms with van der Waals surface area (Å²) in [5, 5.41) is 0. The Kier molecular flexibility index (Phi) is 6.95. The Balaban J connectivity index is 2.78. The molecule has 96 valence electrons. The van der Waals surface area contributed by atoms with E-state index in [0.717, 1.165) is 5.92 Å². The molecule has 0 fully saturated rings. The molecule has 0 aliphatic carbocycles. The van der Waals surface area contributed by atoms with Crippen LogP contribution in [0.5, 0.6) is 0 Å². The van der Waals surface area contributed by atoms with Gasteiger partial charge in [-0.25, -0.2) is 0 Å². The fourth-order valence-corrected chi connectivity index (χ4v) is 2.47. The summed E-state index contributed by atoms with van der Waals surface area (Å²) in [6.45, 7) is 5.21. The van der Waals surface area contributed by atoms with Crippen molar-refractivity contribution < 1.29 is 0 Å². The molecular formula is C16H27N. The lowest BCUT2D eigenvalue weighted by molar-refractivity contribution is 0.521. The summed E-state index contributed by atoms with van der Waals surface area (Å²) < 4.78 is 0. The predicted octanol–water partition coefficient (Wildman–Crippen LogP) is 4.61. The Morgan fingerprint density at radius 2 is 1.59 bits per heavy atom. The van der Waals surface area contributed by atoms with Crippen LogP contribution in [0.3, 0.4) is 0 Å². The van der Waals surface area contributed by atoms with E-state index in [1.54, 1.807) is 0 Å². The summed E-state index contributed by atoms with van der Waals surface area (Å²) in [6, 6.07) is 8.71. The summed E-state index contributed by atoms with van der Waals surface area (Å²) in [7, 11) is 0. The SMILES string of the molecule is CCCCC(CCCC)c1ccccc1CN.